The molecule has 0 aliphatic carbocycles. The molecule has 30 heavy (non-hydrogen) atoms. The molecule has 2 aliphatic rings. The summed E-state index contributed by atoms with van der Waals surface area (Å²) in [6, 6.07) is 12.1. The zero-order chi connectivity index (χ0) is 21.2. The molecular weight excluding hydrogens is 406 g/mol. The van der Waals surface area contributed by atoms with Gasteiger partial charge in [-0.05, 0) is 24.3 Å². The van der Waals surface area contributed by atoms with Gasteiger partial charge in [-0.25, -0.2) is 8.42 Å². The smallest absolute Gasteiger partial charge is 0.247 e. The average Bonchev–Trinajstić information content (AvgIpc) is 3.12. The van der Waals surface area contributed by atoms with Crippen LogP contribution in [-0.2, 0) is 26.1 Å². The molecule has 1 spiro atoms. The third-order valence-corrected chi connectivity index (χ3v) is 7.34. The Morgan fingerprint density at radius 1 is 1.20 bits per heavy atom. The fourth-order valence-corrected chi connectivity index (χ4v) is 5.59. The lowest BCUT2D eigenvalue weighted by Crippen LogP contribution is -2.49. The van der Waals surface area contributed by atoms with Gasteiger partial charge in [0.25, 0.3) is 0 Å². The highest BCUT2D eigenvalue weighted by Crippen LogP contribution is 2.39. The predicted molar refractivity (Wildman–Crippen MR) is 109 cm³/mol. The van der Waals surface area contributed by atoms with Crippen LogP contribution in [0.15, 0.2) is 53.6 Å². The van der Waals surface area contributed by atoms with Gasteiger partial charge in [0, 0.05) is 26.3 Å². The number of amides is 1. The quantitative estimate of drug-likeness (QED) is 0.716. The van der Waals surface area contributed by atoms with Crippen molar-refractivity contribution in [3.05, 3.63) is 54.4 Å². The molecule has 0 unspecified atom stereocenters. The van der Waals surface area contributed by atoms with Crippen molar-refractivity contribution in [1.82, 2.24) is 14.2 Å². The van der Waals surface area contributed by atoms with Crippen LogP contribution in [0.1, 0.15) is 18.5 Å². The molecule has 2 aliphatic heterocycles. The van der Waals surface area contributed by atoms with Crippen molar-refractivity contribution in [1.29, 1.82) is 0 Å². The molecule has 1 saturated heterocycles. The van der Waals surface area contributed by atoms with Crippen LogP contribution in [0.25, 0.3) is 0 Å². The minimum absolute atomic E-state index is 0.0195. The number of para-hydroxylation sites is 1. The van der Waals surface area contributed by atoms with Gasteiger partial charge < -0.3 is 14.4 Å². The van der Waals surface area contributed by atoms with E-state index in [1.807, 2.05) is 6.07 Å². The van der Waals surface area contributed by atoms with E-state index in [4.69, 9.17) is 9.47 Å². The number of methoxy groups -OCH3 is 1. The van der Waals surface area contributed by atoms with Gasteiger partial charge in [-0.15, -0.1) is 0 Å². The second kappa shape index (κ2) is 8.33. The Labute approximate surface area is 176 Å². The number of rotatable bonds is 5. The van der Waals surface area contributed by atoms with Crippen LogP contribution in [0.2, 0.25) is 0 Å². The molecule has 160 valence electrons. The molecule has 0 saturated carbocycles. The monoisotopic (exact) mass is 431 g/mol. The summed E-state index contributed by atoms with van der Waals surface area (Å²) < 4.78 is 39.7. The zero-order valence-corrected chi connectivity index (χ0v) is 17.7. The lowest BCUT2D eigenvalue weighted by molar-refractivity contribution is -0.131. The first-order valence-electron chi connectivity index (χ1n) is 9.88. The fourth-order valence-electron chi connectivity index (χ4n) is 3.99. The van der Waals surface area contributed by atoms with E-state index in [2.05, 4.69) is 4.98 Å². The van der Waals surface area contributed by atoms with Crippen molar-refractivity contribution >= 4 is 15.9 Å². The molecule has 0 N–H and O–H groups in total. The lowest BCUT2D eigenvalue weighted by Gasteiger charge is -2.31. The Bertz CT molecular complexity index is 1010. The predicted octanol–water partition coefficient (Wildman–Crippen LogP) is 1.67. The van der Waals surface area contributed by atoms with Gasteiger partial charge in [-0.1, -0.05) is 18.2 Å². The first-order chi connectivity index (χ1) is 14.4. The van der Waals surface area contributed by atoms with Gasteiger partial charge in [0.2, 0.25) is 15.9 Å². The molecule has 1 atom stereocenters. The molecule has 9 heteroatoms. The molecule has 1 aromatic heterocycles. The van der Waals surface area contributed by atoms with Crippen molar-refractivity contribution < 1.29 is 22.7 Å². The number of pyridine rings is 1. The summed E-state index contributed by atoms with van der Waals surface area (Å²) in [5.74, 6) is 0.307. The molecule has 0 radical (unpaired) electrons. The van der Waals surface area contributed by atoms with Gasteiger partial charge in [-0.2, -0.15) is 4.31 Å². The van der Waals surface area contributed by atoms with Crippen LogP contribution < -0.4 is 4.74 Å². The number of likely N-dealkylation sites (tertiary alicyclic amines) is 1. The van der Waals surface area contributed by atoms with E-state index in [1.54, 1.807) is 54.6 Å². The first-order valence-corrected chi connectivity index (χ1v) is 11.3. The van der Waals surface area contributed by atoms with E-state index in [9.17, 15) is 13.2 Å². The Balaban J connectivity index is 1.67. The Kier molecular flexibility index (Phi) is 5.77. The summed E-state index contributed by atoms with van der Waals surface area (Å²) in [5, 5.41) is 0. The second-order valence-corrected chi connectivity index (χ2v) is 9.54. The minimum atomic E-state index is -3.79. The first kappa shape index (κ1) is 20.8. The van der Waals surface area contributed by atoms with Gasteiger partial charge in [0.15, 0.2) is 0 Å². The van der Waals surface area contributed by atoms with Crippen LogP contribution in [0.3, 0.4) is 0 Å². The van der Waals surface area contributed by atoms with Crippen LogP contribution in [0.4, 0.5) is 0 Å². The second-order valence-electron chi connectivity index (χ2n) is 7.63. The maximum atomic E-state index is 13.4. The average molecular weight is 432 g/mol. The van der Waals surface area contributed by atoms with Crippen LogP contribution in [0, 0.1) is 0 Å². The summed E-state index contributed by atoms with van der Waals surface area (Å²) in [4.78, 5) is 18.7. The fraction of sp³-hybridized carbons (Fsp3) is 0.429. The molecule has 8 nitrogen and oxygen atoms in total. The molecule has 1 fully saturated rings. The number of hydrogen-bond acceptors (Lipinski definition) is 6. The largest absolute Gasteiger partial charge is 0.483 e. The molecule has 1 aromatic carbocycles. The summed E-state index contributed by atoms with van der Waals surface area (Å²) in [6.07, 6.45) is 2.49. The number of aromatic nitrogens is 1. The van der Waals surface area contributed by atoms with E-state index < -0.39 is 15.6 Å². The highest BCUT2D eigenvalue weighted by Gasteiger charge is 2.48. The number of carbonyl (C=O) groups excluding carboxylic acids is 1. The lowest BCUT2D eigenvalue weighted by atomic mass is 10.0. The molecule has 1 amide bonds. The maximum Gasteiger partial charge on any atom is 0.247 e. The topological polar surface area (TPSA) is 89.0 Å². The Morgan fingerprint density at radius 2 is 2.00 bits per heavy atom. The van der Waals surface area contributed by atoms with Gasteiger partial charge in [0.1, 0.15) is 16.2 Å². The number of ether oxygens (including phenoxy) is 2. The van der Waals surface area contributed by atoms with Crippen LogP contribution >= 0.6 is 0 Å². The van der Waals surface area contributed by atoms with Crippen molar-refractivity contribution in [2.24, 2.45) is 0 Å². The standard InChI is InChI=1S/C21H25N3O5S/c1-28-13-9-20(25)23-12-10-21(15-23)16-24(14-17-6-4-5-11-22-17)30(26,27)19-8-3-2-7-18(19)29-21/h2-8,11H,9-10,12-16H2,1H3/t21-/m1/s1. The van der Waals surface area contributed by atoms with E-state index >= 15 is 0 Å². The number of sulfonamides is 1. The van der Waals surface area contributed by atoms with Crippen molar-refractivity contribution in [3.8, 4) is 5.75 Å². The van der Waals surface area contributed by atoms with Crippen LogP contribution in [0.5, 0.6) is 5.75 Å². The molecule has 2 aromatic rings. The Morgan fingerprint density at radius 3 is 2.77 bits per heavy atom. The number of hydrogen-bond donors (Lipinski definition) is 0. The summed E-state index contributed by atoms with van der Waals surface area (Å²) >= 11 is 0. The van der Waals surface area contributed by atoms with Gasteiger partial charge >= 0.3 is 0 Å². The Hall–Kier alpha value is -2.49. The van der Waals surface area contributed by atoms with E-state index in [1.165, 1.54) is 4.31 Å². The minimum Gasteiger partial charge on any atom is -0.483 e. The highest BCUT2D eigenvalue weighted by atomic mass is 32.2. The molecular formula is C21H25N3O5S. The third kappa shape index (κ3) is 4.05. The van der Waals surface area contributed by atoms with Crippen molar-refractivity contribution in [3.63, 3.8) is 0 Å². The van der Waals surface area contributed by atoms with Crippen molar-refractivity contribution in [2.45, 2.75) is 29.9 Å². The summed E-state index contributed by atoms with van der Waals surface area (Å²) in [6.45, 7) is 1.49. The van der Waals surface area contributed by atoms with Crippen LogP contribution in [-0.4, -0.2) is 67.5 Å². The zero-order valence-electron chi connectivity index (χ0n) is 16.9. The van der Waals surface area contributed by atoms with E-state index in [-0.39, 0.29) is 23.9 Å². The number of benzene rings is 1. The molecule has 0 bridgehead atoms. The van der Waals surface area contributed by atoms with Crippen molar-refractivity contribution in [2.75, 3.05) is 33.4 Å². The van der Waals surface area contributed by atoms with Gasteiger partial charge in [-0.3, -0.25) is 9.78 Å². The number of fused-ring (bicyclic) bond motifs is 1. The number of carbonyl (C=O) groups is 1. The summed E-state index contributed by atoms with van der Waals surface area (Å²) in [5.41, 5.74) is -0.154. The highest BCUT2D eigenvalue weighted by molar-refractivity contribution is 7.89. The van der Waals surface area contributed by atoms with Gasteiger partial charge in [0.05, 0.1) is 38.4 Å². The third-order valence-electron chi connectivity index (χ3n) is 5.51. The number of nitrogens with zero attached hydrogens (tertiary/aromatic N) is 3. The summed E-state index contributed by atoms with van der Waals surface area (Å²) in [7, 11) is -2.23. The van der Waals surface area contributed by atoms with E-state index in [0.29, 0.717) is 44.0 Å². The molecule has 3 heterocycles. The maximum absolute atomic E-state index is 13.4. The normalized spacial score (nSPS) is 23.0. The molecule has 4 rings (SSSR count). The SMILES string of the molecule is COCCC(=O)N1CC[C@@]2(C1)CN(Cc1ccccn1)S(=O)(=O)c1ccccc1O2. The van der Waals surface area contributed by atoms with E-state index in [0.717, 1.165) is 0 Å².